The third kappa shape index (κ3) is 4.19. The van der Waals surface area contributed by atoms with Gasteiger partial charge in [-0.15, -0.1) is 11.8 Å². The maximum absolute atomic E-state index is 13.1. The van der Waals surface area contributed by atoms with Crippen molar-refractivity contribution in [2.45, 2.75) is 65.9 Å². The van der Waals surface area contributed by atoms with E-state index in [1.807, 2.05) is 0 Å². The van der Waals surface area contributed by atoms with Gasteiger partial charge in [0.1, 0.15) is 0 Å². The Labute approximate surface area is 178 Å². The number of hydrogen-bond acceptors (Lipinski definition) is 5. The molecule has 1 saturated carbocycles. The quantitative estimate of drug-likeness (QED) is 0.499. The van der Waals surface area contributed by atoms with Gasteiger partial charge in [-0.2, -0.15) is 0 Å². The molecule has 29 heavy (non-hydrogen) atoms. The highest BCUT2D eigenvalue weighted by atomic mass is 32.2. The summed E-state index contributed by atoms with van der Waals surface area (Å²) < 4.78 is 0. The highest BCUT2D eigenvalue weighted by Gasteiger charge is 2.53. The number of aliphatic hydroxyl groups excluding tert-OH is 2. The van der Waals surface area contributed by atoms with E-state index in [-0.39, 0.29) is 34.8 Å². The van der Waals surface area contributed by atoms with Crippen molar-refractivity contribution < 1.29 is 19.8 Å². The van der Waals surface area contributed by atoms with Crippen molar-refractivity contribution in [1.82, 2.24) is 0 Å². The number of carbonyl (C=O) groups excluding carboxylic acids is 2. The molecule has 3 rings (SSSR count). The van der Waals surface area contributed by atoms with Crippen molar-refractivity contribution >= 4 is 23.3 Å². The lowest BCUT2D eigenvalue weighted by atomic mass is 9.46. The molecule has 5 atom stereocenters. The van der Waals surface area contributed by atoms with Crippen LogP contribution in [0.2, 0.25) is 0 Å². The number of fused-ring (bicyclic) bond motifs is 1. The van der Waals surface area contributed by atoms with E-state index in [4.69, 9.17) is 5.11 Å². The lowest BCUT2D eigenvalue weighted by molar-refractivity contribution is -0.115. The van der Waals surface area contributed by atoms with Gasteiger partial charge >= 0.3 is 0 Å². The van der Waals surface area contributed by atoms with E-state index in [0.717, 1.165) is 31.0 Å². The Morgan fingerprint density at radius 2 is 1.97 bits per heavy atom. The molecule has 3 aliphatic carbocycles. The van der Waals surface area contributed by atoms with Crippen molar-refractivity contribution in [1.29, 1.82) is 0 Å². The van der Waals surface area contributed by atoms with Crippen molar-refractivity contribution in [2.75, 3.05) is 12.4 Å². The van der Waals surface area contributed by atoms with Crippen LogP contribution in [0.15, 0.2) is 34.3 Å². The van der Waals surface area contributed by atoms with Gasteiger partial charge in [0.05, 0.1) is 17.6 Å². The van der Waals surface area contributed by atoms with Crippen LogP contribution in [-0.4, -0.2) is 40.2 Å². The zero-order chi connectivity index (χ0) is 21.4. The molecule has 1 fully saturated rings. The normalized spacial score (nSPS) is 36.1. The highest BCUT2D eigenvalue weighted by Crippen LogP contribution is 2.62. The average molecular weight is 419 g/mol. The predicted molar refractivity (Wildman–Crippen MR) is 117 cm³/mol. The maximum Gasteiger partial charge on any atom is 0.195 e. The standard InChI is InChI=1S/C24H34O4S/c1-15-6-5-7-21-23(15,3)9-8-16(2)24(21,4)12-17-10-18(26)11-20(22(17)28)29-14-19(27)13-25/h6,10-11,16,19,21,25,27H,5,7-9,12-14H2,1-4H3/t16-,19?,21+,23+,24+/m0/s1. The van der Waals surface area contributed by atoms with Crippen molar-refractivity contribution in [3.05, 3.63) is 34.3 Å². The molecule has 4 nitrogen and oxygen atoms in total. The molecule has 3 aliphatic rings. The first-order valence-electron chi connectivity index (χ1n) is 10.7. The number of carbonyl (C=O) groups is 2. The molecule has 0 spiro atoms. The molecule has 2 N–H and O–H groups in total. The van der Waals surface area contributed by atoms with Gasteiger partial charge in [0.25, 0.3) is 0 Å². The van der Waals surface area contributed by atoms with Crippen molar-refractivity contribution in [3.63, 3.8) is 0 Å². The molecule has 0 aromatic carbocycles. The molecule has 0 aliphatic heterocycles. The van der Waals surface area contributed by atoms with E-state index < -0.39 is 6.10 Å². The second kappa shape index (κ2) is 8.52. The van der Waals surface area contributed by atoms with Gasteiger partial charge in [0.2, 0.25) is 0 Å². The molecule has 0 aromatic rings. The van der Waals surface area contributed by atoms with Gasteiger partial charge in [0, 0.05) is 17.4 Å². The number of aliphatic hydroxyl groups is 2. The second-order valence-corrected chi connectivity index (χ2v) is 10.7. The Morgan fingerprint density at radius 3 is 2.66 bits per heavy atom. The summed E-state index contributed by atoms with van der Waals surface area (Å²) in [6, 6.07) is 0. The second-order valence-electron chi connectivity index (χ2n) is 9.61. The minimum absolute atomic E-state index is 0.0397. The van der Waals surface area contributed by atoms with Crippen LogP contribution in [0.4, 0.5) is 0 Å². The minimum Gasteiger partial charge on any atom is -0.394 e. The highest BCUT2D eigenvalue weighted by molar-refractivity contribution is 8.04. The predicted octanol–water partition coefficient (Wildman–Crippen LogP) is 4.22. The number of allylic oxidation sites excluding steroid dienone is 6. The fraction of sp³-hybridized carbons (Fsp3) is 0.667. The number of Topliss-reactive ketones (excluding diaryl/α,β-unsaturated/α-hetero) is 1. The number of rotatable bonds is 6. The van der Waals surface area contributed by atoms with Crippen LogP contribution in [-0.2, 0) is 9.59 Å². The maximum atomic E-state index is 13.1. The minimum atomic E-state index is -0.897. The summed E-state index contributed by atoms with van der Waals surface area (Å²) in [7, 11) is 0. The fourth-order valence-electron chi connectivity index (χ4n) is 5.73. The van der Waals surface area contributed by atoms with Crippen LogP contribution in [0.3, 0.4) is 0 Å². The summed E-state index contributed by atoms with van der Waals surface area (Å²) in [6.45, 7) is 8.89. The zero-order valence-electron chi connectivity index (χ0n) is 18.0. The van der Waals surface area contributed by atoms with Crippen molar-refractivity contribution in [2.24, 2.45) is 22.7 Å². The lowest BCUT2D eigenvalue weighted by Gasteiger charge is -2.58. The summed E-state index contributed by atoms with van der Waals surface area (Å²) in [4.78, 5) is 25.8. The molecule has 160 valence electrons. The molecule has 5 heteroatoms. The molecule has 0 radical (unpaired) electrons. The Bertz CT molecular complexity index is 780. The number of ketones is 2. The largest absolute Gasteiger partial charge is 0.394 e. The number of hydrogen-bond donors (Lipinski definition) is 2. The van der Waals surface area contributed by atoms with Gasteiger partial charge < -0.3 is 10.2 Å². The number of thioether (sulfide) groups is 1. The monoisotopic (exact) mass is 418 g/mol. The molecular formula is C24H34O4S. The molecular weight excluding hydrogens is 384 g/mol. The molecule has 0 aromatic heterocycles. The first kappa shape index (κ1) is 22.5. The van der Waals surface area contributed by atoms with Gasteiger partial charge in [0.15, 0.2) is 11.6 Å². The summed E-state index contributed by atoms with van der Waals surface area (Å²) >= 11 is 1.16. The van der Waals surface area contributed by atoms with E-state index in [1.165, 1.54) is 24.1 Å². The Kier molecular flexibility index (Phi) is 6.62. The van der Waals surface area contributed by atoms with Crippen LogP contribution < -0.4 is 0 Å². The van der Waals surface area contributed by atoms with Crippen LogP contribution >= 0.6 is 11.8 Å². The first-order valence-corrected chi connectivity index (χ1v) is 11.7. The average Bonchev–Trinajstić information content (AvgIpc) is 2.68. The smallest absolute Gasteiger partial charge is 0.195 e. The Hall–Kier alpha value is -1.17. The van der Waals surface area contributed by atoms with Crippen LogP contribution in [0.5, 0.6) is 0 Å². The van der Waals surface area contributed by atoms with E-state index in [9.17, 15) is 14.7 Å². The zero-order valence-corrected chi connectivity index (χ0v) is 18.8. The van der Waals surface area contributed by atoms with Gasteiger partial charge in [-0.05, 0) is 67.8 Å². The molecule has 0 bridgehead atoms. The van der Waals surface area contributed by atoms with E-state index in [0.29, 0.717) is 28.7 Å². The lowest BCUT2D eigenvalue weighted by Crippen LogP contribution is -2.50. The third-order valence-corrected chi connectivity index (χ3v) is 9.08. The van der Waals surface area contributed by atoms with E-state index in [2.05, 4.69) is 33.8 Å². The van der Waals surface area contributed by atoms with Crippen LogP contribution in [0, 0.1) is 22.7 Å². The molecule has 1 unspecified atom stereocenters. The van der Waals surface area contributed by atoms with Crippen LogP contribution in [0.1, 0.15) is 59.8 Å². The topological polar surface area (TPSA) is 74.6 Å². The third-order valence-electron chi connectivity index (χ3n) is 7.91. The summed E-state index contributed by atoms with van der Waals surface area (Å²) in [5.41, 5.74) is 2.20. The molecule has 0 saturated heterocycles. The van der Waals surface area contributed by atoms with Crippen LogP contribution in [0.25, 0.3) is 0 Å². The van der Waals surface area contributed by atoms with Gasteiger partial charge in [-0.25, -0.2) is 0 Å². The molecule has 0 heterocycles. The van der Waals surface area contributed by atoms with E-state index in [1.54, 1.807) is 0 Å². The van der Waals surface area contributed by atoms with E-state index >= 15 is 0 Å². The first-order chi connectivity index (χ1) is 13.6. The Morgan fingerprint density at radius 1 is 1.24 bits per heavy atom. The van der Waals surface area contributed by atoms with Gasteiger partial charge in [-0.1, -0.05) is 32.4 Å². The molecule has 0 amide bonds. The SMILES string of the molecule is CC1=CCC[C@H]2[C@](C)(CC3=CC(=O)C=C(SCC(O)CO)C3=O)[C@@H](C)CC[C@]12C. The fourth-order valence-corrected chi connectivity index (χ4v) is 6.67. The van der Waals surface area contributed by atoms with Gasteiger partial charge in [-0.3, -0.25) is 9.59 Å². The van der Waals surface area contributed by atoms with Crippen molar-refractivity contribution in [3.8, 4) is 0 Å². The Balaban J connectivity index is 1.84. The summed E-state index contributed by atoms with van der Waals surface area (Å²) in [6.07, 6.45) is 9.51. The summed E-state index contributed by atoms with van der Waals surface area (Å²) in [5, 5.41) is 18.6. The summed E-state index contributed by atoms with van der Waals surface area (Å²) in [5.74, 6) is 0.922.